The van der Waals surface area contributed by atoms with E-state index in [0.717, 1.165) is 16.3 Å². The van der Waals surface area contributed by atoms with Crippen LogP contribution >= 0.6 is 15.9 Å². The number of fused-ring (bicyclic) bond motifs is 1. The average Bonchev–Trinajstić information content (AvgIpc) is 2.68. The lowest BCUT2D eigenvalue weighted by Gasteiger charge is -1.99. The Morgan fingerprint density at radius 3 is 3.12 bits per heavy atom. The highest BCUT2D eigenvalue weighted by atomic mass is 79.9. The number of nitrogens with zero attached hydrogens (tertiary/aromatic N) is 1. The fourth-order valence-corrected chi connectivity index (χ4v) is 1.74. The summed E-state index contributed by atoms with van der Waals surface area (Å²) in [6.45, 7) is 2.64. The highest BCUT2D eigenvalue weighted by Gasteiger charge is 2.15. The summed E-state index contributed by atoms with van der Waals surface area (Å²) >= 11 is 3.33. The third-order valence-electron chi connectivity index (χ3n) is 2.18. The molecule has 4 nitrogen and oxygen atoms in total. The zero-order valence-corrected chi connectivity index (χ0v) is 10.4. The van der Waals surface area contributed by atoms with Crippen LogP contribution in [-0.4, -0.2) is 17.6 Å². The van der Waals surface area contributed by atoms with Crippen molar-refractivity contribution in [3.8, 4) is 0 Å². The molecule has 1 amide bonds. The molecule has 1 heterocycles. The molecular formula is C11H11BrN2O2. The molecule has 2 rings (SSSR count). The van der Waals surface area contributed by atoms with Crippen LogP contribution in [0, 0.1) is 0 Å². The number of carbonyl (C=O) groups is 1. The highest BCUT2D eigenvalue weighted by Crippen LogP contribution is 2.22. The van der Waals surface area contributed by atoms with Crippen LogP contribution in [-0.2, 0) is 0 Å². The summed E-state index contributed by atoms with van der Waals surface area (Å²) < 4.78 is 5.99. The summed E-state index contributed by atoms with van der Waals surface area (Å²) in [7, 11) is 0. The lowest BCUT2D eigenvalue weighted by Crippen LogP contribution is -2.24. The number of hydrogen-bond acceptors (Lipinski definition) is 3. The predicted molar refractivity (Wildman–Crippen MR) is 64.3 cm³/mol. The SMILES string of the molecule is CCCNC(=O)c1noc2cc(Br)ccc12. The third-order valence-corrected chi connectivity index (χ3v) is 2.68. The molecule has 0 aliphatic carbocycles. The summed E-state index contributed by atoms with van der Waals surface area (Å²) in [5.74, 6) is -0.192. The Balaban J connectivity index is 2.34. The highest BCUT2D eigenvalue weighted by molar-refractivity contribution is 9.10. The van der Waals surface area contributed by atoms with Gasteiger partial charge in [-0.1, -0.05) is 28.0 Å². The molecule has 0 bridgehead atoms. The lowest BCUT2D eigenvalue weighted by molar-refractivity contribution is 0.0946. The van der Waals surface area contributed by atoms with E-state index < -0.39 is 0 Å². The van der Waals surface area contributed by atoms with E-state index in [4.69, 9.17) is 4.52 Å². The van der Waals surface area contributed by atoms with Gasteiger partial charge in [0, 0.05) is 11.0 Å². The molecule has 1 N–H and O–H groups in total. The van der Waals surface area contributed by atoms with Crippen LogP contribution in [0.5, 0.6) is 0 Å². The number of carbonyl (C=O) groups excluding carboxylic acids is 1. The van der Waals surface area contributed by atoms with E-state index in [1.54, 1.807) is 6.07 Å². The summed E-state index contributed by atoms with van der Waals surface area (Å²) in [5.41, 5.74) is 0.951. The standard InChI is InChI=1S/C11H11BrN2O2/c1-2-5-13-11(15)10-8-4-3-7(12)6-9(8)16-14-10/h3-4,6H,2,5H2,1H3,(H,13,15). The van der Waals surface area contributed by atoms with Crippen LogP contribution in [0.25, 0.3) is 11.0 Å². The van der Waals surface area contributed by atoms with E-state index in [1.165, 1.54) is 0 Å². The summed E-state index contributed by atoms with van der Waals surface area (Å²) in [6.07, 6.45) is 0.896. The first-order valence-electron chi connectivity index (χ1n) is 5.05. The Hall–Kier alpha value is -1.36. The van der Waals surface area contributed by atoms with E-state index in [0.29, 0.717) is 17.8 Å². The maximum atomic E-state index is 11.7. The van der Waals surface area contributed by atoms with Gasteiger partial charge in [0.25, 0.3) is 5.91 Å². The van der Waals surface area contributed by atoms with Gasteiger partial charge < -0.3 is 9.84 Å². The van der Waals surface area contributed by atoms with Crippen molar-refractivity contribution in [1.82, 2.24) is 10.5 Å². The molecule has 5 heteroatoms. The van der Waals surface area contributed by atoms with Gasteiger partial charge in [-0.05, 0) is 24.6 Å². The van der Waals surface area contributed by atoms with E-state index in [1.807, 2.05) is 19.1 Å². The molecule has 0 radical (unpaired) electrons. The van der Waals surface area contributed by atoms with Crippen LogP contribution < -0.4 is 5.32 Å². The quantitative estimate of drug-likeness (QED) is 0.942. The number of nitrogens with one attached hydrogen (secondary N) is 1. The molecule has 0 aliphatic heterocycles. The Morgan fingerprint density at radius 1 is 1.56 bits per heavy atom. The second kappa shape index (κ2) is 4.65. The van der Waals surface area contributed by atoms with Gasteiger partial charge in [0.2, 0.25) is 0 Å². The second-order valence-corrected chi connectivity index (χ2v) is 4.34. The minimum atomic E-state index is -0.192. The first kappa shape index (κ1) is 11.1. The first-order chi connectivity index (χ1) is 7.72. The van der Waals surface area contributed by atoms with Crippen LogP contribution in [0.3, 0.4) is 0 Å². The third kappa shape index (κ3) is 2.09. The Kier molecular flexibility index (Phi) is 3.24. The van der Waals surface area contributed by atoms with Crippen LogP contribution in [0.2, 0.25) is 0 Å². The van der Waals surface area contributed by atoms with Crippen LogP contribution in [0.4, 0.5) is 0 Å². The van der Waals surface area contributed by atoms with Crippen LogP contribution in [0.15, 0.2) is 27.2 Å². The Labute approximate surface area is 101 Å². The molecule has 0 saturated carbocycles. The van der Waals surface area contributed by atoms with Gasteiger partial charge >= 0.3 is 0 Å². The largest absolute Gasteiger partial charge is 0.355 e. The van der Waals surface area contributed by atoms with Crippen molar-refractivity contribution in [3.05, 3.63) is 28.4 Å². The second-order valence-electron chi connectivity index (χ2n) is 3.43. The lowest BCUT2D eigenvalue weighted by atomic mass is 10.2. The van der Waals surface area contributed by atoms with Crippen molar-refractivity contribution in [2.45, 2.75) is 13.3 Å². The van der Waals surface area contributed by atoms with Gasteiger partial charge in [0.15, 0.2) is 11.3 Å². The number of rotatable bonds is 3. The number of halogens is 1. The number of aromatic nitrogens is 1. The van der Waals surface area contributed by atoms with Crippen molar-refractivity contribution in [1.29, 1.82) is 0 Å². The van der Waals surface area contributed by atoms with Gasteiger partial charge in [0.1, 0.15) is 0 Å². The first-order valence-corrected chi connectivity index (χ1v) is 5.85. The number of benzene rings is 1. The summed E-state index contributed by atoms with van der Waals surface area (Å²) in [6, 6.07) is 5.46. The van der Waals surface area contributed by atoms with E-state index in [2.05, 4.69) is 26.4 Å². The molecule has 1 aromatic heterocycles. The molecule has 0 unspecified atom stereocenters. The molecule has 0 saturated heterocycles. The predicted octanol–water partition coefficient (Wildman–Crippen LogP) is 2.73. The van der Waals surface area contributed by atoms with Gasteiger partial charge in [-0.25, -0.2) is 0 Å². The number of amides is 1. The van der Waals surface area contributed by atoms with Crippen molar-refractivity contribution < 1.29 is 9.32 Å². The van der Waals surface area contributed by atoms with E-state index in [-0.39, 0.29) is 5.91 Å². The molecule has 0 atom stereocenters. The van der Waals surface area contributed by atoms with Crippen LogP contribution in [0.1, 0.15) is 23.8 Å². The van der Waals surface area contributed by atoms with Crippen molar-refractivity contribution in [3.63, 3.8) is 0 Å². The van der Waals surface area contributed by atoms with Gasteiger partial charge in [0.05, 0.1) is 5.39 Å². The molecular weight excluding hydrogens is 272 g/mol. The molecule has 2 aromatic rings. The smallest absolute Gasteiger partial charge is 0.274 e. The van der Waals surface area contributed by atoms with Crippen molar-refractivity contribution in [2.24, 2.45) is 0 Å². The molecule has 16 heavy (non-hydrogen) atoms. The molecule has 1 aromatic carbocycles. The van der Waals surface area contributed by atoms with E-state index in [9.17, 15) is 4.79 Å². The zero-order valence-electron chi connectivity index (χ0n) is 8.79. The monoisotopic (exact) mass is 282 g/mol. The fourth-order valence-electron chi connectivity index (χ4n) is 1.40. The zero-order chi connectivity index (χ0) is 11.5. The summed E-state index contributed by atoms with van der Waals surface area (Å²) in [5, 5.41) is 7.28. The minimum Gasteiger partial charge on any atom is -0.355 e. The molecule has 0 fully saturated rings. The van der Waals surface area contributed by atoms with Gasteiger partial charge in [-0.15, -0.1) is 0 Å². The topological polar surface area (TPSA) is 55.1 Å². The average molecular weight is 283 g/mol. The van der Waals surface area contributed by atoms with Gasteiger partial charge in [-0.3, -0.25) is 4.79 Å². The maximum absolute atomic E-state index is 11.7. The molecule has 0 spiro atoms. The summed E-state index contributed by atoms with van der Waals surface area (Å²) in [4.78, 5) is 11.7. The van der Waals surface area contributed by atoms with Gasteiger partial charge in [-0.2, -0.15) is 0 Å². The van der Waals surface area contributed by atoms with Crippen molar-refractivity contribution in [2.75, 3.05) is 6.54 Å². The normalized spacial score (nSPS) is 10.6. The Morgan fingerprint density at radius 2 is 2.38 bits per heavy atom. The minimum absolute atomic E-state index is 0.192. The van der Waals surface area contributed by atoms with Crippen molar-refractivity contribution >= 4 is 32.8 Å². The maximum Gasteiger partial charge on any atom is 0.274 e. The molecule has 84 valence electrons. The van der Waals surface area contributed by atoms with E-state index >= 15 is 0 Å². The number of hydrogen-bond donors (Lipinski definition) is 1. The Bertz CT molecular complexity index is 522. The molecule has 0 aliphatic rings. The fraction of sp³-hybridized carbons (Fsp3) is 0.273.